The van der Waals surface area contributed by atoms with Crippen molar-refractivity contribution >= 4 is 11.9 Å². The Balaban J connectivity index is 4.61. The molecule has 0 aliphatic rings. The number of hydrogen-bond acceptors (Lipinski definition) is 4. The standard InChI is InChI=1S/C13H25NO5/c1-5-13(6-2,12(17)18)7-11(16)14(3)8-10(15)9-19-4/h10,15H,5-9H2,1-4H3,(H,17,18). The van der Waals surface area contributed by atoms with Gasteiger partial charge < -0.3 is 19.8 Å². The number of carbonyl (C=O) groups excluding carboxylic acids is 1. The van der Waals surface area contributed by atoms with E-state index in [1.165, 1.54) is 12.0 Å². The number of ether oxygens (including phenoxy) is 1. The van der Waals surface area contributed by atoms with Crippen molar-refractivity contribution in [2.45, 2.75) is 39.2 Å². The number of aliphatic hydroxyl groups excluding tert-OH is 1. The van der Waals surface area contributed by atoms with Gasteiger partial charge in [0.25, 0.3) is 0 Å². The lowest BCUT2D eigenvalue weighted by molar-refractivity contribution is -0.154. The molecule has 0 aliphatic carbocycles. The molecule has 0 spiro atoms. The van der Waals surface area contributed by atoms with Gasteiger partial charge in [-0.2, -0.15) is 0 Å². The minimum Gasteiger partial charge on any atom is -0.481 e. The monoisotopic (exact) mass is 275 g/mol. The molecule has 0 bridgehead atoms. The third-order valence-electron chi connectivity index (χ3n) is 3.57. The van der Waals surface area contributed by atoms with Gasteiger partial charge in [-0.15, -0.1) is 0 Å². The highest BCUT2D eigenvalue weighted by Crippen LogP contribution is 2.31. The van der Waals surface area contributed by atoms with Crippen LogP contribution >= 0.6 is 0 Å². The molecule has 0 saturated carbocycles. The second kappa shape index (κ2) is 8.12. The van der Waals surface area contributed by atoms with Gasteiger partial charge in [-0.1, -0.05) is 13.8 Å². The van der Waals surface area contributed by atoms with Crippen molar-refractivity contribution in [3.63, 3.8) is 0 Å². The molecule has 0 rings (SSSR count). The number of hydrogen-bond donors (Lipinski definition) is 2. The summed E-state index contributed by atoms with van der Waals surface area (Å²) in [5.74, 6) is -1.22. The van der Waals surface area contributed by atoms with E-state index in [9.17, 15) is 19.8 Å². The first-order chi connectivity index (χ1) is 8.82. The van der Waals surface area contributed by atoms with E-state index in [1.807, 2.05) is 0 Å². The lowest BCUT2D eigenvalue weighted by Crippen LogP contribution is -2.41. The van der Waals surface area contributed by atoms with Crippen molar-refractivity contribution in [1.82, 2.24) is 4.90 Å². The summed E-state index contributed by atoms with van der Waals surface area (Å²) in [6, 6.07) is 0. The summed E-state index contributed by atoms with van der Waals surface area (Å²) in [6.07, 6.45) is -0.00898. The van der Waals surface area contributed by atoms with Crippen molar-refractivity contribution in [3.8, 4) is 0 Å². The summed E-state index contributed by atoms with van der Waals surface area (Å²) in [6.45, 7) is 3.81. The van der Waals surface area contributed by atoms with Gasteiger partial charge in [-0.05, 0) is 12.8 Å². The van der Waals surface area contributed by atoms with Gasteiger partial charge in [0.1, 0.15) is 0 Å². The molecule has 2 N–H and O–H groups in total. The van der Waals surface area contributed by atoms with E-state index in [1.54, 1.807) is 20.9 Å². The minimum absolute atomic E-state index is 0.0501. The SMILES string of the molecule is CCC(CC)(CC(=O)N(C)CC(O)COC)C(=O)O. The molecule has 19 heavy (non-hydrogen) atoms. The highest BCUT2D eigenvalue weighted by molar-refractivity contribution is 5.84. The van der Waals surface area contributed by atoms with E-state index in [2.05, 4.69) is 0 Å². The number of aliphatic hydroxyl groups is 1. The van der Waals surface area contributed by atoms with Crippen molar-refractivity contribution < 1.29 is 24.5 Å². The summed E-state index contributed by atoms with van der Waals surface area (Å²) < 4.78 is 4.78. The Bertz CT molecular complexity index is 301. The molecule has 0 heterocycles. The van der Waals surface area contributed by atoms with E-state index in [0.29, 0.717) is 12.8 Å². The number of nitrogens with zero attached hydrogens (tertiary/aromatic N) is 1. The van der Waals surface area contributed by atoms with Crippen LogP contribution in [0, 0.1) is 5.41 Å². The quantitative estimate of drug-likeness (QED) is 0.648. The molecule has 0 radical (unpaired) electrons. The number of carboxylic acid groups (broad SMARTS) is 1. The van der Waals surface area contributed by atoms with Gasteiger partial charge in [0.2, 0.25) is 5.91 Å². The van der Waals surface area contributed by atoms with Crippen molar-refractivity contribution in [2.24, 2.45) is 5.41 Å². The fourth-order valence-corrected chi connectivity index (χ4v) is 1.97. The normalized spacial score (nSPS) is 13.1. The number of carbonyl (C=O) groups is 2. The van der Waals surface area contributed by atoms with Gasteiger partial charge in [-0.25, -0.2) is 0 Å². The Morgan fingerprint density at radius 1 is 1.32 bits per heavy atom. The number of carboxylic acids is 1. The molecule has 1 unspecified atom stereocenters. The Hall–Kier alpha value is -1.14. The molecule has 6 nitrogen and oxygen atoms in total. The lowest BCUT2D eigenvalue weighted by Gasteiger charge is -2.29. The zero-order valence-electron chi connectivity index (χ0n) is 12.2. The summed E-state index contributed by atoms with van der Waals surface area (Å²) >= 11 is 0. The van der Waals surface area contributed by atoms with Gasteiger partial charge >= 0.3 is 5.97 Å². The third-order valence-corrected chi connectivity index (χ3v) is 3.57. The van der Waals surface area contributed by atoms with Crippen LogP contribution in [0.5, 0.6) is 0 Å². The molecule has 1 atom stereocenters. The molecule has 0 aliphatic heterocycles. The Morgan fingerprint density at radius 2 is 1.84 bits per heavy atom. The van der Waals surface area contributed by atoms with Gasteiger partial charge in [-0.3, -0.25) is 9.59 Å². The maximum absolute atomic E-state index is 12.0. The van der Waals surface area contributed by atoms with E-state index in [0.717, 1.165) is 0 Å². The fourth-order valence-electron chi connectivity index (χ4n) is 1.97. The summed E-state index contributed by atoms with van der Waals surface area (Å²) in [7, 11) is 3.02. The molecule has 0 aromatic rings. The number of amides is 1. The first-order valence-electron chi connectivity index (χ1n) is 6.47. The van der Waals surface area contributed by atoms with Crippen LogP contribution in [0.2, 0.25) is 0 Å². The summed E-state index contributed by atoms with van der Waals surface area (Å²) in [5.41, 5.74) is -1.02. The first-order valence-corrected chi connectivity index (χ1v) is 6.47. The number of methoxy groups -OCH3 is 1. The van der Waals surface area contributed by atoms with Crippen molar-refractivity contribution in [2.75, 3.05) is 27.3 Å². The smallest absolute Gasteiger partial charge is 0.310 e. The van der Waals surface area contributed by atoms with Crippen LogP contribution in [-0.2, 0) is 14.3 Å². The Labute approximate surface area is 114 Å². The van der Waals surface area contributed by atoms with Crippen LogP contribution in [0.15, 0.2) is 0 Å². The topological polar surface area (TPSA) is 87.1 Å². The molecule has 6 heteroatoms. The van der Waals surface area contributed by atoms with Crippen LogP contribution in [0.3, 0.4) is 0 Å². The molecule has 112 valence electrons. The van der Waals surface area contributed by atoms with E-state index >= 15 is 0 Å². The molecule has 0 aromatic carbocycles. The minimum atomic E-state index is -1.02. The average molecular weight is 275 g/mol. The van der Waals surface area contributed by atoms with E-state index < -0.39 is 17.5 Å². The third kappa shape index (κ3) is 5.16. The Morgan fingerprint density at radius 3 is 2.21 bits per heavy atom. The average Bonchev–Trinajstić information content (AvgIpc) is 2.35. The molecule has 0 fully saturated rings. The molecular weight excluding hydrogens is 250 g/mol. The number of likely N-dealkylation sites (N-methyl/N-ethyl adjacent to an activating group) is 1. The first kappa shape index (κ1) is 17.9. The highest BCUT2D eigenvalue weighted by atomic mass is 16.5. The van der Waals surface area contributed by atoms with Crippen LogP contribution in [0.25, 0.3) is 0 Å². The predicted octanol–water partition coefficient (Wildman–Crippen LogP) is 0.733. The van der Waals surface area contributed by atoms with Crippen LogP contribution in [0.1, 0.15) is 33.1 Å². The van der Waals surface area contributed by atoms with E-state index in [-0.39, 0.29) is 25.5 Å². The predicted molar refractivity (Wildman–Crippen MR) is 70.8 cm³/mol. The molecule has 0 aromatic heterocycles. The van der Waals surface area contributed by atoms with E-state index in [4.69, 9.17) is 4.74 Å². The fraction of sp³-hybridized carbons (Fsp3) is 0.846. The summed E-state index contributed by atoms with van der Waals surface area (Å²) in [5, 5.41) is 18.8. The molecule has 1 amide bonds. The highest BCUT2D eigenvalue weighted by Gasteiger charge is 2.38. The second-order valence-corrected chi connectivity index (χ2v) is 4.85. The van der Waals surface area contributed by atoms with Gasteiger partial charge in [0.05, 0.1) is 18.1 Å². The second-order valence-electron chi connectivity index (χ2n) is 4.85. The summed E-state index contributed by atoms with van der Waals surface area (Å²) in [4.78, 5) is 24.7. The molecule has 0 saturated heterocycles. The van der Waals surface area contributed by atoms with Crippen LogP contribution < -0.4 is 0 Å². The zero-order chi connectivity index (χ0) is 15.1. The van der Waals surface area contributed by atoms with Gasteiger partial charge in [0.15, 0.2) is 0 Å². The zero-order valence-corrected chi connectivity index (χ0v) is 12.2. The molecular formula is C13H25NO5. The Kier molecular flexibility index (Phi) is 7.63. The van der Waals surface area contributed by atoms with Crippen LogP contribution in [0.4, 0.5) is 0 Å². The lowest BCUT2D eigenvalue weighted by atomic mass is 9.79. The largest absolute Gasteiger partial charge is 0.481 e. The van der Waals surface area contributed by atoms with Crippen LogP contribution in [-0.4, -0.2) is 60.4 Å². The number of aliphatic carboxylic acids is 1. The maximum atomic E-state index is 12.0. The maximum Gasteiger partial charge on any atom is 0.310 e. The number of rotatable bonds is 9. The van der Waals surface area contributed by atoms with Gasteiger partial charge in [0, 0.05) is 27.1 Å². The van der Waals surface area contributed by atoms with Crippen molar-refractivity contribution in [1.29, 1.82) is 0 Å². The van der Waals surface area contributed by atoms with Crippen molar-refractivity contribution in [3.05, 3.63) is 0 Å².